The number of hydrogen-bond donors (Lipinski definition) is 1. The summed E-state index contributed by atoms with van der Waals surface area (Å²) in [5.74, 6) is 0.259. The first-order chi connectivity index (χ1) is 12.1. The SMILES string of the molecule is COC(=O)[C@@H]1[C@H]2CC[C@@H](C2)[C@H]1NC(=O)c1cnn(C2CCCC2)c1C. The Morgan fingerprint density at radius 1 is 1.20 bits per heavy atom. The molecule has 136 valence electrons. The molecule has 4 rings (SSSR count). The van der Waals surface area contributed by atoms with Gasteiger partial charge in [0.05, 0.1) is 30.8 Å². The fraction of sp³-hybridized carbons (Fsp3) is 0.737. The molecule has 6 heteroatoms. The highest BCUT2D eigenvalue weighted by molar-refractivity contribution is 5.95. The maximum atomic E-state index is 12.9. The molecule has 1 heterocycles. The van der Waals surface area contributed by atoms with E-state index in [0.717, 1.165) is 37.8 Å². The number of methoxy groups -OCH3 is 1. The Morgan fingerprint density at radius 2 is 1.92 bits per heavy atom. The van der Waals surface area contributed by atoms with E-state index in [-0.39, 0.29) is 23.8 Å². The Hall–Kier alpha value is -1.85. The van der Waals surface area contributed by atoms with Crippen LogP contribution >= 0.6 is 0 Å². The topological polar surface area (TPSA) is 73.2 Å². The minimum Gasteiger partial charge on any atom is -0.469 e. The number of carbonyl (C=O) groups is 2. The average Bonchev–Trinajstić information content (AvgIpc) is 3.37. The summed E-state index contributed by atoms with van der Waals surface area (Å²) >= 11 is 0. The van der Waals surface area contributed by atoms with E-state index in [1.54, 1.807) is 6.20 Å². The Balaban J connectivity index is 1.51. The first-order valence-corrected chi connectivity index (χ1v) is 9.53. The standard InChI is InChI=1S/C19H27N3O3/c1-11-15(10-20-22(11)14-5-3-4-6-14)18(23)21-17-13-8-7-12(9-13)16(17)19(24)25-2/h10,12-14,16-17H,3-9H2,1-2H3,(H,21,23)/t12-,13-,16+,17+/m0/s1. The van der Waals surface area contributed by atoms with Crippen LogP contribution in [-0.4, -0.2) is 34.8 Å². The van der Waals surface area contributed by atoms with Crippen molar-refractivity contribution >= 4 is 11.9 Å². The molecule has 1 amide bonds. The fourth-order valence-corrected chi connectivity index (χ4v) is 5.37. The van der Waals surface area contributed by atoms with E-state index in [2.05, 4.69) is 10.4 Å². The van der Waals surface area contributed by atoms with Gasteiger partial charge in [-0.1, -0.05) is 12.8 Å². The van der Waals surface area contributed by atoms with Crippen molar-refractivity contribution in [1.29, 1.82) is 0 Å². The van der Waals surface area contributed by atoms with Crippen LogP contribution in [0.2, 0.25) is 0 Å². The third kappa shape index (κ3) is 2.75. The fourth-order valence-electron chi connectivity index (χ4n) is 5.37. The molecule has 1 N–H and O–H groups in total. The predicted molar refractivity (Wildman–Crippen MR) is 92.1 cm³/mol. The lowest BCUT2D eigenvalue weighted by Crippen LogP contribution is -2.47. The van der Waals surface area contributed by atoms with Gasteiger partial charge in [-0.25, -0.2) is 0 Å². The zero-order chi connectivity index (χ0) is 17.6. The Labute approximate surface area is 148 Å². The van der Waals surface area contributed by atoms with Crippen molar-refractivity contribution in [3.63, 3.8) is 0 Å². The molecule has 3 aliphatic rings. The Morgan fingerprint density at radius 3 is 2.64 bits per heavy atom. The lowest BCUT2D eigenvalue weighted by molar-refractivity contribution is -0.148. The van der Waals surface area contributed by atoms with Crippen molar-refractivity contribution in [2.75, 3.05) is 7.11 Å². The maximum Gasteiger partial charge on any atom is 0.311 e. The molecule has 0 radical (unpaired) electrons. The smallest absolute Gasteiger partial charge is 0.311 e. The van der Waals surface area contributed by atoms with E-state index in [1.165, 1.54) is 20.0 Å². The maximum absolute atomic E-state index is 12.9. The number of esters is 1. The van der Waals surface area contributed by atoms with Crippen LogP contribution in [0.1, 0.15) is 67.0 Å². The highest BCUT2D eigenvalue weighted by atomic mass is 16.5. The number of fused-ring (bicyclic) bond motifs is 2. The van der Waals surface area contributed by atoms with Crippen LogP contribution in [-0.2, 0) is 9.53 Å². The van der Waals surface area contributed by atoms with Gasteiger partial charge in [0.2, 0.25) is 0 Å². The predicted octanol–water partition coefficient (Wildman–Crippen LogP) is 2.62. The van der Waals surface area contributed by atoms with E-state index in [4.69, 9.17) is 4.74 Å². The molecule has 2 bridgehead atoms. The summed E-state index contributed by atoms with van der Waals surface area (Å²) < 4.78 is 7.01. The van der Waals surface area contributed by atoms with Crippen LogP contribution < -0.4 is 5.32 Å². The highest BCUT2D eigenvalue weighted by Gasteiger charge is 2.52. The molecule has 0 saturated heterocycles. The van der Waals surface area contributed by atoms with E-state index in [9.17, 15) is 9.59 Å². The molecule has 1 aromatic rings. The van der Waals surface area contributed by atoms with Gasteiger partial charge in [0.25, 0.3) is 5.91 Å². The molecular weight excluding hydrogens is 318 g/mol. The molecule has 25 heavy (non-hydrogen) atoms. The molecule has 6 nitrogen and oxygen atoms in total. The Kier molecular flexibility index (Phi) is 4.29. The van der Waals surface area contributed by atoms with Crippen LogP contribution in [0, 0.1) is 24.7 Å². The molecule has 0 aliphatic heterocycles. The van der Waals surface area contributed by atoms with E-state index >= 15 is 0 Å². The van der Waals surface area contributed by atoms with Crippen LogP contribution in [0.15, 0.2) is 6.20 Å². The zero-order valence-corrected chi connectivity index (χ0v) is 15.0. The van der Waals surface area contributed by atoms with Crippen molar-refractivity contribution < 1.29 is 14.3 Å². The van der Waals surface area contributed by atoms with Crippen molar-refractivity contribution in [2.24, 2.45) is 17.8 Å². The molecule has 3 saturated carbocycles. The molecule has 0 aromatic carbocycles. The summed E-state index contributed by atoms with van der Waals surface area (Å²) in [6, 6.07) is 0.319. The molecule has 1 aromatic heterocycles. The summed E-state index contributed by atoms with van der Waals surface area (Å²) in [4.78, 5) is 25.1. The van der Waals surface area contributed by atoms with Gasteiger partial charge in [0, 0.05) is 11.7 Å². The second kappa shape index (κ2) is 6.46. The molecular formula is C19H27N3O3. The van der Waals surface area contributed by atoms with Gasteiger partial charge in [0.1, 0.15) is 0 Å². The molecule has 0 spiro atoms. The number of ether oxygens (including phenoxy) is 1. The van der Waals surface area contributed by atoms with Crippen molar-refractivity contribution in [1.82, 2.24) is 15.1 Å². The number of rotatable bonds is 4. The molecule has 0 unspecified atom stereocenters. The van der Waals surface area contributed by atoms with Gasteiger partial charge in [0.15, 0.2) is 0 Å². The lowest BCUT2D eigenvalue weighted by Gasteiger charge is -2.29. The monoisotopic (exact) mass is 345 g/mol. The minimum atomic E-state index is -0.196. The second-order valence-electron chi connectivity index (χ2n) is 7.91. The average molecular weight is 345 g/mol. The van der Waals surface area contributed by atoms with Crippen LogP contribution in [0.25, 0.3) is 0 Å². The van der Waals surface area contributed by atoms with Gasteiger partial charge in [-0.15, -0.1) is 0 Å². The van der Waals surface area contributed by atoms with Crippen molar-refractivity contribution in [3.05, 3.63) is 17.5 Å². The van der Waals surface area contributed by atoms with Crippen LogP contribution in [0.4, 0.5) is 0 Å². The second-order valence-corrected chi connectivity index (χ2v) is 7.91. The molecule has 3 aliphatic carbocycles. The quantitative estimate of drug-likeness (QED) is 0.852. The minimum absolute atomic E-state index is 0.104. The summed E-state index contributed by atoms with van der Waals surface area (Å²) in [7, 11) is 1.43. The summed E-state index contributed by atoms with van der Waals surface area (Å²) in [6.45, 7) is 1.97. The van der Waals surface area contributed by atoms with Gasteiger partial charge in [-0.05, 0) is 50.9 Å². The molecule has 3 fully saturated rings. The van der Waals surface area contributed by atoms with E-state index in [1.807, 2.05) is 11.6 Å². The highest BCUT2D eigenvalue weighted by Crippen LogP contribution is 2.49. The van der Waals surface area contributed by atoms with Crippen LogP contribution in [0.5, 0.6) is 0 Å². The largest absolute Gasteiger partial charge is 0.469 e. The number of nitrogens with one attached hydrogen (secondary N) is 1. The summed E-state index contributed by atoms with van der Waals surface area (Å²) in [5, 5.41) is 7.62. The summed E-state index contributed by atoms with van der Waals surface area (Å²) in [6.07, 6.45) is 9.60. The van der Waals surface area contributed by atoms with Crippen LogP contribution in [0.3, 0.4) is 0 Å². The number of hydrogen-bond acceptors (Lipinski definition) is 4. The number of nitrogens with zero attached hydrogens (tertiary/aromatic N) is 2. The normalized spacial score (nSPS) is 31.4. The third-order valence-electron chi connectivity index (χ3n) is 6.65. The van der Waals surface area contributed by atoms with Gasteiger partial charge in [-0.3, -0.25) is 14.3 Å². The third-order valence-corrected chi connectivity index (χ3v) is 6.65. The van der Waals surface area contributed by atoms with Crippen molar-refractivity contribution in [3.8, 4) is 0 Å². The Bertz CT molecular complexity index is 677. The molecule has 4 atom stereocenters. The summed E-state index contributed by atoms with van der Waals surface area (Å²) in [5.41, 5.74) is 1.57. The van der Waals surface area contributed by atoms with E-state index < -0.39 is 0 Å². The zero-order valence-electron chi connectivity index (χ0n) is 15.0. The van der Waals surface area contributed by atoms with Gasteiger partial charge < -0.3 is 10.1 Å². The van der Waals surface area contributed by atoms with Gasteiger partial charge in [-0.2, -0.15) is 5.10 Å². The first-order valence-electron chi connectivity index (χ1n) is 9.53. The number of amides is 1. The number of carbonyl (C=O) groups excluding carboxylic acids is 2. The number of aromatic nitrogens is 2. The van der Waals surface area contributed by atoms with Gasteiger partial charge >= 0.3 is 5.97 Å². The lowest BCUT2D eigenvalue weighted by atomic mass is 9.84. The van der Waals surface area contributed by atoms with E-state index in [0.29, 0.717) is 23.4 Å². The first kappa shape index (κ1) is 16.6. The van der Waals surface area contributed by atoms with Crippen molar-refractivity contribution in [2.45, 2.75) is 64.0 Å².